The van der Waals surface area contributed by atoms with Crippen molar-refractivity contribution >= 4 is 35.2 Å². The molecular formula is C19H15N3O3S. The van der Waals surface area contributed by atoms with Crippen LogP contribution in [-0.4, -0.2) is 18.2 Å². The van der Waals surface area contributed by atoms with E-state index in [9.17, 15) is 9.59 Å². The van der Waals surface area contributed by atoms with Gasteiger partial charge in [-0.05, 0) is 53.4 Å². The first-order valence-electron chi connectivity index (χ1n) is 7.71. The number of ether oxygens (including phenoxy) is 1. The minimum Gasteiger partial charge on any atom is -0.422 e. The molecule has 0 saturated heterocycles. The second kappa shape index (κ2) is 8.59. The molecule has 6 nitrogen and oxygen atoms in total. The Morgan fingerprint density at radius 1 is 0.962 bits per heavy atom. The van der Waals surface area contributed by atoms with Crippen molar-refractivity contribution in [1.82, 2.24) is 5.43 Å². The van der Waals surface area contributed by atoms with Crippen LogP contribution >= 0.6 is 11.3 Å². The van der Waals surface area contributed by atoms with Crippen LogP contribution in [0.5, 0.6) is 5.75 Å². The molecule has 0 spiro atoms. The third-order valence-electron chi connectivity index (χ3n) is 3.22. The van der Waals surface area contributed by atoms with Crippen molar-refractivity contribution in [3.63, 3.8) is 0 Å². The SMILES string of the molecule is O=C(N/N=C/c1ccc(OC(=O)c2cccs2)cc1)Nc1ccccc1. The average molecular weight is 365 g/mol. The molecule has 0 atom stereocenters. The number of carbonyl (C=O) groups is 2. The number of anilines is 1. The van der Waals surface area contributed by atoms with Gasteiger partial charge < -0.3 is 10.1 Å². The molecule has 1 heterocycles. The molecule has 0 saturated carbocycles. The van der Waals surface area contributed by atoms with E-state index in [2.05, 4.69) is 15.8 Å². The van der Waals surface area contributed by atoms with E-state index < -0.39 is 6.03 Å². The summed E-state index contributed by atoms with van der Waals surface area (Å²) in [5.41, 5.74) is 3.81. The highest BCUT2D eigenvalue weighted by Crippen LogP contribution is 2.16. The van der Waals surface area contributed by atoms with Gasteiger partial charge in [0.2, 0.25) is 0 Å². The summed E-state index contributed by atoms with van der Waals surface area (Å²) in [5, 5.41) is 8.34. The van der Waals surface area contributed by atoms with Crippen LogP contribution in [0.15, 0.2) is 77.2 Å². The third-order valence-corrected chi connectivity index (χ3v) is 4.07. The first kappa shape index (κ1) is 17.4. The quantitative estimate of drug-likeness (QED) is 0.309. The van der Waals surface area contributed by atoms with Gasteiger partial charge in [0.15, 0.2) is 0 Å². The Morgan fingerprint density at radius 3 is 2.42 bits per heavy atom. The zero-order chi connectivity index (χ0) is 18.2. The molecule has 1 aromatic heterocycles. The molecule has 0 aliphatic heterocycles. The Bertz CT molecular complexity index is 892. The second-order valence-electron chi connectivity index (χ2n) is 5.13. The topological polar surface area (TPSA) is 79.8 Å². The monoisotopic (exact) mass is 365 g/mol. The van der Waals surface area contributed by atoms with Gasteiger partial charge in [-0.3, -0.25) is 0 Å². The zero-order valence-electron chi connectivity index (χ0n) is 13.6. The van der Waals surface area contributed by atoms with Crippen molar-refractivity contribution in [2.75, 3.05) is 5.32 Å². The molecule has 0 aliphatic carbocycles. The molecule has 2 amide bonds. The lowest BCUT2D eigenvalue weighted by Crippen LogP contribution is -2.24. The third kappa shape index (κ3) is 5.02. The molecule has 3 rings (SSSR count). The predicted molar refractivity (Wildman–Crippen MR) is 102 cm³/mol. The van der Waals surface area contributed by atoms with Crippen molar-refractivity contribution in [3.8, 4) is 5.75 Å². The van der Waals surface area contributed by atoms with E-state index in [0.717, 1.165) is 5.56 Å². The summed E-state index contributed by atoms with van der Waals surface area (Å²) in [4.78, 5) is 24.1. The maximum atomic E-state index is 11.9. The number of hydrogen-bond acceptors (Lipinski definition) is 5. The maximum absolute atomic E-state index is 11.9. The smallest absolute Gasteiger partial charge is 0.353 e. The number of para-hydroxylation sites is 1. The molecule has 0 unspecified atom stereocenters. The Hall–Kier alpha value is -3.45. The van der Waals surface area contributed by atoms with Gasteiger partial charge in [-0.1, -0.05) is 24.3 Å². The van der Waals surface area contributed by atoms with Gasteiger partial charge in [0.1, 0.15) is 10.6 Å². The highest BCUT2D eigenvalue weighted by Gasteiger charge is 2.08. The van der Waals surface area contributed by atoms with E-state index in [4.69, 9.17) is 4.74 Å². The first-order valence-corrected chi connectivity index (χ1v) is 8.59. The highest BCUT2D eigenvalue weighted by molar-refractivity contribution is 7.12. The van der Waals surface area contributed by atoms with Gasteiger partial charge in [-0.15, -0.1) is 11.3 Å². The van der Waals surface area contributed by atoms with E-state index >= 15 is 0 Å². The normalized spacial score (nSPS) is 10.5. The molecule has 0 aliphatic rings. The minimum atomic E-state index is -0.436. The van der Waals surface area contributed by atoms with Gasteiger partial charge in [0.05, 0.1) is 6.21 Å². The second-order valence-corrected chi connectivity index (χ2v) is 6.07. The fraction of sp³-hybridized carbons (Fsp3) is 0. The highest BCUT2D eigenvalue weighted by atomic mass is 32.1. The van der Waals surface area contributed by atoms with Crippen LogP contribution in [0, 0.1) is 0 Å². The number of esters is 1. The largest absolute Gasteiger partial charge is 0.422 e. The molecule has 0 fully saturated rings. The lowest BCUT2D eigenvalue weighted by atomic mass is 10.2. The molecule has 130 valence electrons. The van der Waals surface area contributed by atoms with E-state index in [1.54, 1.807) is 48.5 Å². The fourth-order valence-corrected chi connectivity index (χ4v) is 2.62. The van der Waals surface area contributed by atoms with Crippen molar-refractivity contribution in [3.05, 3.63) is 82.6 Å². The van der Waals surface area contributed by atoms with E-state index in [0.29, 0.717) is 16.3 Å². The summed E-state index contributed by atoms with van der Waals surface area (Å²) in [5.74, 6) is 0.0518. The van der Waals surface area contributed by atoms with Crippen molar-refractivity contribution < 1.29 is 14.3 Å². The van der Waals surface area contributed by atoms with Gasteiger partial charge >= 0.3 is 12.0 Å². The van der Waals surface area contributed by atoms with Gasteiger partial charge in [-0.25, -0.2) is 15.0 Å². The molecule has 26 heavy (non-hydrogen) atoms. The summed E-state index contributed by atoms with van der Waals surface area (Å²) >= 11 is 1.33. The molecular weight excluding hydrogens is 350 g/mol. The van der Waals surface area contributed by atoms with Crippen LogP contribution in [0.1, 0.15) is 15.2 Å². The number of thiophene rings is 1. The summed E-state index contributed by atoms with van der Waals surface area (Å²) in [7, 11) is 0. The Morgan fingerprint density at radius 2 is 1.73 bits per heavy atom. The van der Waals surface area contributed by atoms with Crippen LogP contribution in [0.25, 0.3) is 0 Å². The number of nitrogens with one attached hydrogen (secondary N) is 2. The maximum Gasteiger partial charge on any atom is 0.353 e. The van der Waals surface area contributed by atoms with Crippen LogP contribution < -0.4 is 15.5 Å². The van der Waals surface area contributed by atoms with Crippen molar-refractivity contribution in [1.29, 1.82) is 0 Å². The summed E-state index contributed by atoms with van der Waals surface area (Å²) in [6.07, 6.45) is 1.50. The van der Waals surface area contributed by atoms with Gasteiger partial charge in [-0.2, -0.15) is 5.10 Å². The lowest BCUT2D eigenvalue weighted by Gasteiger charge is -2.04. The van der Waals surface area contributed by atoms with E-state index in [1.807, 2.05) is 23.6 Å². The summed E-state index contributed by atoms with van der Waals surface area (Å²) in [6, 6.07) is 18.9. The molecule has 2 aromatic carbocycles. The Balaban J connectivity index is 1.50. The summed E-state index contributed by atoms with van der Waals surface area (Å²) < 4.78 is 5.27. The fourth-order valence-electron chi connectivity index (χ4n) is 2.02. The van der Waals surface area contributed by atoms with Gasteiger partial charge in [0.25, 0.3) is 0 Å². The number of nitrogens with zero attached hydrogens (tertiary/aromatic N) is 1. The van der Waals surface area contributed by atoms with E-state index in [1.165, 1.54) is 17.6 Å². The number of rotatable bonds is 5. The van der Waals surface area contributed by atoms with Crippen molar-refractivity contribution in [2.45, 2.75) is 0 Å². The molecule has 2 N–H and O–H groups in total. The minimum absolute atomic E-state index is 0.388. The first-order chi connectivity index (χ1) is 12.7. The van der Waals surface area contributed by atoms with Crippen LogP contribution in [0.4, 0.5) is 10.5 Å². The van der Waals surface area contributed by atoms with Crippen LogP contribution in [0.2, 0.25) is 0 Å². The van der Waals surface area contributed by atoms with Crippen molar-refractivity contribution in [2.24, 2.45) is 5.10 Å². The zero-order valence-corrected chi connectivity index (χ0v) is 14.4. The Kier molecular flexibility index (Phi) is 5.74. The predicted octanol–water partition coefficient (Wildman–Crippen LogP) is 4.12. The number of urea groups is 1. The lowest BCUT2D eigenvalue weighted by molar-refractivity contribution is 0.0740. The number of amides is 2. The molecule has 3 aromatic rings. The number of hydrazone groups is 1. The number of benzene rings is 2. The Labute approximate surface area is 154 Å². The van der Waals surface area contributed by atoms with Crippen LogP contribution in [-0.2, 0) is 0 Å². The average Bonchev–Trinajstić information content (AvgIpc) is 3.19. The molecule has 7 heteroatoms. The molecule has 0 radical (unpaired) electrons. The van der Waals surface area contributed by atoms with Crippen LogP contribution in [0.3, 0.4) is 0 Å². The number of hydrogen-bond donors (Lipinski definition) is 2. The number of carbonyl (C=O) groups excluding carboxylic acids is 2. The van der Waals surface area contributed by atoms with E-state index in [-0.39, 0.29) is 5.97 Å². The summed E-state index contributed by atoms with van der Waals surface area (Å²) in [6.45, 7) is 0. The van der Waals surface area contributed by atoms with Gasteiger partial charge in [0, 0.05) is 5.69 Å². The molecule has 0 bridgehead atoms. The standard InChI is InChI=1S/C19H15N3O3S/c23-18(17-7-4-12-26-17)25-16-10-8-14(9-11-16)13-20-22-19(24)21-15-5-2-1-3-6-15/h1-13H,(H2,21,22,24)/b20-13+.